The number of urea groups is 4. The Hall–Kier alpha value is -10.5. The Bertz CT molecular complexity index is 4070. The third kappa shape index (κ3) is 28.2. The third-order valence-corrected chi connectivity index (χ3v) is 19.8. The van der Waals surface area contributed by atoms with Crippen LogP contribution in [0.3, 0.4) is 0 Å². The summed E-state index contributed by atoms with van der Waals surface area (Å²) in [6.07, 6.45) is 26.2. The van der Waals surface area contributed by atoms with Crippen LogP contribution in [0.4, 0.5) is 64.7 Å². The summed E-state index contributed by atoms with van der Waals surface area (Å²) < 4.78 is 28.4. The number of anilines is 8. The number of nitrogens with one attached hydrogen (secondary N) is 8. The normalized spacial score (nSPS) is 11.6. The molecule has 18 nitrogen and oxygen atoms in total. The van der Waals surface area contributed by atoms with E-state index in [2.05, 4.69) is 63.3 Å². The standard InChI is InChI=1S/C92H118N8O10/c1-8-11-14-17-20-23-26-29-48-107-85-68-51-70-57-81(98-90(104)94-77-42-34-65(5)35-43-77)59-72(86(70)108-49-30-27-24-21-18-15-12-9-2)53-74-61-83(100-92(106)96-79-46-38-67(7)39-47-79)62-75(88(74)110-63-84(101)102)54-73-60-82(99-91(105)95-78-44-36-66(6)37-45-78)58-71(87(73)109-50-31-28-25-22-19-16-13-10-3)52-69(85)56-80(55-68)97-89(103)93-76-40-32-64(4)33-41-76/h32-47,55-62H,8-31,48-54,63H2,1-7H3,(H,101,102)(H2,93,97,103)(H2,94,98,104)(H2,95,99,105)(H2,96,100,106). The highest BCUT2D eigenvalue weighted by molar-refractivity contribution is 6.02. The second-order valence-electron chi connectivity index (χ2n) is 29.6. The van der Waals surface area contributed by atoms with Gasteiger partial charge in [-0.3, -0.25) is 0 Å². The maximum atomic E-state index is 14.6. The number of ether oxygens (including phenoxy) is 4. The van der Waals surface area contributed by atoms with Crippen molar-refractivity contribution < 1.29 is 48.0 Å². The first-order valence-corrected chi connectivity index (χ1v) is 40.4. The number of aliphatic carboxylic acids is 1. The Morgan fingerprint density at radius 2 is 0.445 bits per heavy atom. The zero-order valence-corrected chi connectivity index (χ0v) is 66.1. The van der Waals surface area contributed by atoms with Crippen LogP contribution in [0.1, 0.15) is 242 Å². The van der Waals surface area contributed by atoms with E-state index in [1.54, 1.807) is 12.1 Å². The van der Waals surface area contributed by atoms with E-state index >= 15 is 0 Å². The molecule has 0 aromatic heterocycles. The molecule has 8 bridgehead atoms. The van der Waals surface area contributed by atoms with Gasteiger partial charge in [-0.15, -0.1) is 0 Å². The highest BCUT2D eigenvalue weighted by Gasteiger charge is 2.27. The van der Waals surface area contributed by atoms with Gasteiger partial charge in [0, 0.05) is 116 Å². The molecule has 110 heavy (non-hydrogen) atoms. The fourth-order valence-electron chi connectivity index (χ4n) is 14.0. The van der Waals surface area contributed by atoms with E-state index in [1.807, 2.05) is 161 Å². The van der Waals surface area contributed by atoms with Crippen LogP contribution >= 0.6 is 0 Å². The van der Waals surface area contributed by atoms with E-state index in [0.717, 1.165) is 99.3 Å². The Kier molecular flexibility index (Phi) is 34.1. The molecule has 586 valence electrons. The number of hydrogen-bond donors (Lipinski definition) is 9. The van der Waals surface area contributed by atoms with Crippen molar-refractivity contribution in [2.75, 3.05) is 69.0 Å². The van der Waals surface area contributed by atoms with Crippen molar-refractivity contribution in [2.45, 2.75) is 228 Å². The van der Waals surface area contributed by atoms with E-state index < -0.39 is 36.7 Å². The van der Waals surface area contributed by atoms with Gasteiger partial charge >= 0.3 is 30.1 Å². The highest BCUT2D eigenvalue weighted by Crippen LogP contribution is 2.44. The molecule has 0 fully saturated rings. The lowest BCUT2D eigenvalue weighted by molar-refractivity contribution is -0.139. The predicted octanol–water partition coefficient (Wildman–Crippen LogP) is 24.2. The molecule has 1 aliphatic carbocycles. The van der Waals surface area contributed by atoms with Gasteiger partial charge in [-0.2, -0.15) is 0 Å². The van der Waals surface area contributed by atoms with Crippen LogP contribution in [0, 0.1) is 27.7 Å². The number of amides is 8. The van der Waals surface area contributed by atoms with Crippen LogP contribution < -0.4 is 61.5 Å². The van der Waals surface area contributed by atoms with Crippen molar-refractivity contribution in [3.05, 3.63) is 212 Å². The summed E-state index contributed by atoms with van der Waals surface area (Å²) in [7, 11) is 0. The first-order valence-electron chi connectivity index (χ1n) is 40.4. The molecule has 0 saturated heterocycles. The van der Waals surface area contributed by atoms with Crippen LogP contribution in [0.25, 0.3) is 0 Å². The van der Waals surface area contributed by atoms with Crippen LogP contribution in [-0.2, 0) is 30.5 Å². The summed E-state index contributed by atoms with van der Waals surface area (Å²) in [5.74, 6) is 0.673. The number of unbranched alkanes of at least 4 members (excludes halogenated alkanes) is 21. The van der Waals surface area contributed by atoms with Gasteiger partial charge in [0.05, 0.1) is 19.8 Å². The SMILES string of the molecule is CCCCCCCCCCOc1c2cc(NC(=O)Nc3ccc(C)cc3)cc1Cc1cc(NC(=O)Nc3ccc(C)cc3)cc(c1OCCCCCCCCCC)Cc1cc(NC(=O)Nc3ccc(C)cc3)cc(c1OCC(=O)O)Cc1cc(NC(=O)Nc3ccc(C)cc3)cc(c1OCCCCCCCCCC)C2. The number of fused-ring (bicyclic) bond motifs is 8. The number of hydrogen-bond acceptors (Lipinski definition) is 9. The second kappa shape index (κ2) is 44.9. The molecule has 8 aromatic carbocycles. The fraction of sp³-hybridized carbons (Fsp3) is 0.424. The Morgan fingerprint density at radius 3 is 0.645 bits per heavy atom. The van der Waals surface area contributed by atoms with Crippen LogP contribution in [0.15, 0.2) is 146 Å². The molecule has 0 unspecified atom stereocenters. The van der Waals surface area contributed by atoms with Gasteiger partial charge < -0.3 is 66.6 Å². The van der Waals surface area contributed by atoms with Crippen molar-refractivity contribution in [1.29, 1.82) is 0 Å². The van der Waals surface area contributed by atoms with E-state index in [9.17, 15) is 29.1 Å². The van der Waals surface area contributed by atoms with E-state index in [4.69, 9.17) is 18.9 Å². The average molecular weight is 1500 g/mol. The van der Waals surface area contributed by atoms with Crippen LogP contribution in [0.5, 0.6) is 23.0 Å². The molecule has 0 heterocycles. The summed E-state index contributed by atoms with van der Waals surface area (Å²) in [5, 5.41) is 35.5. The lowest BCUT2D eigenvalue weighted by Crippen LogP contribution is -2.21. The first-order chi connectivity index (χ1) is 53.5. The average Bonchev–Trinajstić information content (AvgIpc) is 0.774. The summed E-state index contributed by atoms with van der Waals surface area (Å²) in [6.45, 7) is 15.0. The van der Waals surface area contributed by atoms with E-state index in [0.29, 0.717) is 127 Å². The largest absolute Gasteiger partial charge is 0.493 e. The van der Waals surface area contributed by atoms with Gasteiger partial charge in [0.2, 0.25) is 0 Å². The molecule has 18 heteroatoms. The third-order valence-electron chi connectivity index (χ3n) is 19.8. The van der Waals surface area contributed by atoms with Gasteiger partial charge in [0.25, 0.3) is 0 Å². The van der Waals surface area contributed by atoms with Gasteiger partial charge in [0.1, 0.15) is 23.0 Å². The lowest BCUT2D eigenvalue weighted by atomic mass is 9.90. The minimum atomic E-state index is -1.21. The minimum absolute atomic E-state index is 0.0214. The van der Waals surface area contributed by atoms with Gasteiger partial charge in [0.15, 0.2) is 6.61 Å². The number of rotatable bonds is 41. The van der Waals surface area contributed by atoms with Crippen molar-refractivity contribution in [2.24, 2.45) is 0 Å². The number of carboxylic acid groups (broad SMARTS) is 1. The fourth-order valence-corrected chi connectivity index (χ4v) is 14.0. The molecule has 0 radical (unpaired) electrons. The number of carbonyl (C=O) groups excluding carboxylic acids is 4. The number of benzene rings is 8. The minimum Gasteiger partial charge on any atom is -0.493 e. The number of carbonyl (C=O) groups is 5. The monoisotopic (exact) mass is 1490 g/mol. The van der Waals surface area contributed by atoms with E-state index in [-0.39, 0.29) is 31.4 Å². The molecule has 9 N–H and O–H groups in total. The van der Waals surface area contributed by atoms with Crippen LogP contribution in [-0.4, -0.2) is 61.6 Å². The molecule has 0 aliphatic heterocycles. The predicted molar refractivity (Wildman–Crippen MR) is 450 cm³/mol. The Balaban J connectivity index is 1.30. The molecule has 9 rings (SSSR count). The highest BCUT2D eigenvalue weighted by atomic mass is 16.5. The zero-order valence-electron chi connectivity index (χ0n) is 66.1. The smallest absolute Gasteiger partial charge is 0.341 e. The topological polar surface area (TPSA) is 239 Å². The second-order valence-corrected chi connectivity index (χ2v) is 29.6. The molecular weight excluding hydrogens is 1380 g/mol. The molecular formula is C92H118N8O10. The Morgan fingerprint density at radius 1 is 0.264 bits per heavy atom. The number of carboxylic acids is 1. The summed E-state index contributed by atoms with van der Waals surface area (Å²) in [4.78, 5) is 71.1. The molecule has 8 amide bonds. The van der Waals surface area contributed by atoms with Gasteiger partial charge in [-0.1, -0.05) is 226 Å². The maximum Gasteiger partial charge on any atom is 0.341 e. The van der Waals surface area contributed by atoms with Gasteiger partial charge in [-0.05, 0) is 144 Å². The molecule has 0 spiro atoms. The quantitative estimate of drug-likeness (QED) is 0.0164. The van der Waals surface area contributed by atoms with Gasteiger partial charge in [-0.25, -0.2) is 24.0 Å². The maximum absolute atomic E-state index is 14.6. The first kappa shape index (κ1) is 83.5. The van der Waals surface area contributed by atoms with E-state index in [1.165, 1.54) is 77.0 Å². The summed E-state index contributed by atoms with van der Waals surface area (Å²) in [5.41, 5.74) is 13.1. The zero-order chi connectivity index (χ0) is 77.8. The molecule has 0 saturated carbocycles. The number of aryl methyl sites for hydroxylation is 4. The van der Waals surface area contributed by atoms with Crippen LogP contribution in [0.2, 0.25) is 0 Å². The van der Waals surface area contributed by atoms with Crippen molar-refractivity contribution in [3.63, 3.8) is 0 Å². The van der Waals surface area contributed by atoms with Crippen molar-refractivity contribution in [1.82, 2.24) is 0 Å². The molecule has 1 aliphatic rings. The molecule has 8 aromatic rings. The summed E-state index contributed by atoms with van der Waals surface area (Å²) >= 11 is 0. The Labute approximate surface area is 652 Å². The summed E-state index contributed by atoms with van der Waals surface area (Å²) in [6, 6.07) is 43.4. The van der Waals surface area contributed by atoms with Crippen molar-refractivity contribution in [3.8, 4) is 23.0 Å². The molecule has 0 atom stereocenters. The van der Waals surface area contributed by atoms with Crippen molar-refractivity contribution >= 4 is 75.6 Å². The lowest BCUT2D eigenvalue weighted by Gasteiger charge is -2.25.